The summed E-state index contributed by atoms with van der Waals surface area (Å²) in [5.74, 6) is -3.51. The van der Waals surface area contributed by atoms with E-state index < -0.39 is 39.7 Å². The van der Waals surface area contributed by atoms with E-state index in [4.69, 9.17) is 10.6 Å². The maximum atomic E-state index is 15.9. The number of carboxylic acids is 1. The van der Waals surface area contributed by atoms with Gasteiger partial charge in [-0.3, -0.25) is 15.1 Å². The van der Waals surface area contributed by atoms with Crippen LogP contribution in [0.15, 0.2) is 22.9 Å². The van der Waals surface area contributed by atoms with Gasteiger partial charge in [-0.25, -0.2) is 13.6 Å². The van der Waals surface area contributed by atoms with Gasteiger partial charge in [0.2, 0.25) is 5.43 Å². The van der Waals surface area contributed by atoms with Crippen LogP contribution in [-0.2, 0) is 4.84 Å². The number of fused-ring (bicyclic) bond motifs is 1. The lowest BCUT2D eigenvalue weighted by molar-refractivity contribution is 0.0694. The second-order valence-corrected chi connectivity index (χ2v) is 8.29. The van der Waals surface area contributed by atoms with Gasteiger partial charge in [0.15, 0.2) is 11.6 Å². The second-order valence-electron chi connectivity index (χ2n) is 8.29. The van der Waals surface area contributed by atoms with Gasteiger partial charge in [0.05, 0.1) is 34.8 Å². The number of nitrogens with one attached hydrogen (secondary N) is 2. The van der Waals surface area contributed by atoms with Gasteiger partial charge in [-0.05, 0) is 12.8 Å². The van der Waals surface area contributed by atoms with E-state index in [1.807, 2.05) is 0 Å². The first-order valence-corrected chi connectivity index (χ1v) is 9.86. The first-order chi connectivity index (χ1) is 14.8. The molecule has 9 nitrogen and oxygen atoms in total. The van der Waals surface area contributed by atoms with Crippen LogP contribution in [0.5, 0.6) is 0 Å². The fourth-order valence-electron chi connectivity index (χ4n) is 4.46. The number of halogens is 2. The lowest BCUT2D eigenvalue weighted by atomic mass is 9.80. The molecule has 2 aromatic rings. The highest BCUT2D eigenvalue weighted by Crippen LogP contribution is 2.45. The number of nitrogen functional groups attached to an aromatic ring is 1. The summed E-state index contributed by atoms with van der Waals surface area (Å²) in [6, 6.07) is -0.171. The van der Waals surface area contributed by atoms with Gasteiger partial charge in [-0.15, -0.1) is 0 Å². The molecule has 1 aromatic carbocycles. The largest absolute Gasteiger partial charge is 0.477 e. The van der Waals surface area contributed by atoms with E-state index in [2.05, 4.69) is 10.8 Å². The van der Waals surface area contributed by atoms with Crippen LogP contribution in [0.25, 0.3) is 10.9 Å². The molecule has 1 saturated carbocycles. The maximum absolute atomic E-state index is 15.9. The number of aromatic carboxylic acids is 1. The zero-order valence-corrected chi connectivity index (χ0v) is 16.7. The van der Waals surface area contributed by atoms with Crippen molar-refractivity contribution in [1.82, 2.24) is 15.4 Å². The Morgan fingerprint density at radius 1 is 1.35 bits per heavy atom. The van der Waals surface area contributed by atoms with E-state index in [0.29, 0.717) is 31.6 Å². The van der Waals surface area contributed by atoms with Crippen LogP contribution in [0.1, 0.15) is 29.2 Å². The molecule has 0 unspecified atom stereocenters. The van der Waals surface area contributed by atoms with Crippen LogP contribution in [0.3, 0.4) is 0 Å². The third kappa shape index (κ3) is 2.73. The van der Waals surface area contributed by atoms with Crippen LogP contribution < -0.4 is 26.9 Å². The summed E-state index contributed by atoms with van der Waals surface area (Å²) < 4.78 is 32.7. The summed E-state index contributed by atoms with van der Waals surface area (Å²) in [7, 11) is 1.45. The number of benzene rings is 1. The number of carboxylic acid groups (broad SMARTS) is 1. The summed E-state index contributed by atoms with van der Waals surface area (Å²) in [6.07, 6.45) is 4.10. The molecule has 11 heteroatoms. The summed E-state index contributed by atoms with van der Waals surface area (Å²) in [5, 5.41) is 12.1. The Morgan fingerprint density at radius 2 is 2.06 bits per heavy atom. The van der Waals surface area contributed by atoms with Crippen LogP contribution >= 0.6 is 0 Å². The standard InChI is InChI=1S/C20H21F2N5O4/c1-31-25-11-5-26(8-20(11)6-24-7-20)17-13(21)15(23)12-16(14(17)22)27(9-2-3-9)4-10(18(12)28)19(29)30/h4-5,9,24-25H,2-3,6-8,23H2,1H3,(H,29,30). The molecule has 0 amide bonds. The molecule has 0 radical (unpaired) electrons. The van der Waals surface area contributed by atoms with E-state index in [-0.39, 0.29) is 29.2 Å². The monoisotopic (exact) mass is 433 g/mol. The highest BCUT2D eigenvalue weighted by molar-refractivity contribution is 6.00. The number of anilines is 2. The molecule has 5 rings (SSSR count). The van der Waals surface area contributed by atoms with Crippen molar-refractivity contribution >= 4 is 28.2 Å². The molecule has 1 spiro atoms. The Hall–Kier alpha value is -3.18. The number of hydroxylamine groups is 1. The van der Waals surface area contributed by atoms with E-state index in [9.17, 15) is 14.7 Å². The van der Waals surface area contributed by atoms with Crippen molar-refractivity contribution in [1.29, 1.82) is 0 Å². The van der Waals surface area contributed by atoms with Crippen molar-refractivity contribution in [2.75, 3.05) is 37.4 Å². The molecular weight excluding hydrogens is 412 g/mol. The average Bonchev–Trinajstić information content (AvgIpc) is 3.46. The second kappa shape index (κ2) is 6.66. The zero-order valence-electron chi connectivity index (χ0n) is 16.7. The summed E-state index contributed by atoms with van der Waals surface area (Å²) in [5.41, 5.74) is 6.37. The molecule has 2 aliphatic heterocycles. The first-order valence-electron chi connectivity index (χ1n) is 9.86. The van der Waals surface area contributed by atoms with Crippen LogP contribution in [0, 0.1) is 17.0 Å². The SMILES string of the molecule is CONC1=CN(c2c(F)c(N)c3c(=O)c(C(=O)O)cn(C4CC4)c3c2F)CC12CNC2. The van der Waals surface area contributed by atoms with E-state index in [1.54, 1.807) is 6.20 Å². The van der Waals surface area contributed by atoms with Gasteiger partial charge in [0, 0.05) is 38.1 Å². The fraction of sp³-hybridized carbons (Fsp3) is 0.400. The molecule has 0 atom stereocenters. The number of rotatable bonds is 5. The van der Waals surface area contributed by atoms with Gasteiger partial charge < -0.3 is 25.6 Å². The highest BCUT2D eigenvalue weighted by Gasteiger charge is 2.48. The third-order valence-electron chi connectivity index (χ3n) is 6.29. The van der Waals surface area contributed by atoms with Crippen molar-refractivity contribution in [2.45, 2.75) is 18.9 Å². The Bertz CT molecular complexity index is 1220. The highest BCUT2D eigenvalue weighted by atomic mass is 19.1. The molecule has 0 bridgehead atoms. The quantitative estimate of drug-likeness (QED) is 0.411. The Morgan fingerprint density at radius 3 is 2.61 bits per heavy atom. The van der Waals surface area contributed by atoms with Crippen molar-refractivity contribution in [3.05, 3.63) is 45.5 Å². The minimum absolute atomic E-state index is 0.171. The fourth-order valence-corrected chi connectivity index (χ4v) is 4.46. The van der Waals surface area contributed by atoms with E-state index in [1.165, 1.54) is 16.6 Å². The van der Waals surface area contributed by atoms with Gasteiger partial charge in [0.25, 0.3) is 0 Å². The summed E-state index contributed by atoms with van der Waals surface area (Å²) in [6.45, 7) is 1.49. The van der Waals surface area contributed by atoms with Gasteiger partial charge in [-0.2, -0.15) is 0 Å². The minimum Gasteiger partial charge on any atom is -0.477 e. The van der Waals surface area contributed by atoms with Crippen molar-refractivity contribution in [2.24, 2.45) is 5.41 Å². The Balaban J connectivity index is 1.76. The number of pyridine rings is 1. The smallest absolute Gasteiger partial charge is 0.341 e. The van der Waals surface area contributed by atoms with Crippen molar-refractivity contribution in [3.63, 3.8) is 0 Å². The first kappa shape index (κ1) is 19.8. The molecule has 1 aliphatic carbocycles. The molecule has 3 aliphatic rings. The maximum Gasteiger partial charge on any atom is 0.341 e. The lowest BCUT2D eigenvalue weighted by Crippen LogP contribution is -2.58. The Kier molecular flexibility index (Phi) is 4.25. The zero-order chi connectivity index (χ0) is 22.1. The van der Waals surface area contributed by atoms with Crippen molar-refractivity contribution < 1.29 is 23.5 Å². The normalized spacial score (nSPS) is 19.6. The van der Waals surface area contributed by atoms with Gasteiger partial charge in [-0.1, -0.05) is 0 Å². The predicted molar refractivity (Wildman–Crippen MR) is 109 cm³/mol. The number of nitrogens with two attached hydrogens (primary N) is 1. The van der Waals surface area contributed by atoms with Gasteiger partial charge >= 0.3 is 5.97 Å². The summed E-state index contributed by atoms with van der Waals surface area (Å²) >= 11 is 0. The number of nitrogens with zero attached hydrogens (tertiary/aromatic N) is 2. The van der Waals surface area contributed by atoms with E-state index >= 15 is 8.78 Å². The molecule has 1 aromatic heterocycles. The topological polar surface area (TPSA) is 122 Å². The van der Waals surface area contributed by atoms with Crippen molar-refractivity contribution in [3.8, 4) is 0 Å². The molecular formula is C20H21F2N5O4. The minimum atomic E-state index is -1.47. The Labute approximate surface area is 175 Å². The average molecular weight is 433 g/mol. The van der Waals surface area contributed by atoms with Crippen LogP contribution in [-0.4, -0.2) is 42.4 Å². The number of carbonyl (C=O) groups is 1. The summed E-state index contributed by atoms with van der Waals surface area (Å²) in [4.78, 5) is 30.7. The predicted octanol–water partition coefficient (Wildman–Crippen LogP) is 1.30. The number of hydrogen-bond acceptors (Lipinski definition) is 7. The molecule has 3 heterocycles. The number of hydrogen-bond donors (Lipinski definition) is 4. The third-order valence-corrected chi connectivity index (χ3v) is 6.29. The van der Waals surface area contributed by atoms with Gasteiger partial charge in [0.1, 0.15) is 11.3 Å². The van der Waals surface area contributed by atoms with Crippen LogP contribution in [0.2, 0.25) is 0 Å². The lowest BCUT2D eigenvalue weighted by Gasteiger charge is -2.41. The van der Waals surface area contributed by atoms with Crippen LogP contribution in [0.4, 0.5) is 20.2 Å². The molecule has 1 saturated heterocycles. The molecule has 164 valence electrons. The van der Waals surface area contributed by atoms with E-state index in [0.717, 1.165) is 6.20 Å². The molecule has 2 fully saturated rings. The molecule has 5 N–H and O–H groups in total. The molecule has 31 heavy (non-hydrogen) atoms. The number of aromatic nitrogens is 1.